The van der Waals surface area contributed by atoms with Crippen LogP contribution in [-0.4, -0.2) is 13.2 Å². The van der Waals surface area contributed by atoms with Gasteiger partial charge in [-0.05, 0) is 24.7 Å². The molecule has 28 heavy (non-hydrogen) atoms. The van der Waals surface area contributed by atoms with E-state index in [0.717, 1.165) is 0 Å². The minimum Gasteiger partial charge on any atom is -0.381 e. The summed E-state index contributed by atoms with van der Waals surface area (Å²) in [6.07, 6.45) is 26.3. The van der Waals surface area contributed by atoms with Gasteiger partial charge in [0.1, 0.15) is 0 Å². The zero-order valence-corrected chi connectivity index (χ0v) is 20.8. The molecule has 0 saturated heterocycles. The highest BCUT2D eigenvalue weighted by Gasteiger charge is 2.29. The van der Waals surface area contributed by atoms with Crippen LogP contribution in [0.5, 0.6) is 0 Å². The average Bonchev–Trinajstić information content (AvgIpc) is 2.69. The Morgan fingerprint density at radius 2 is 0.893 bits per heavy atom. The van der Waals surface area contributed by atoms with E-state index in [2.05, 4.69) is 34.6 Å². The number of unbranched alkanes of at least 4 members (excludes halogenated alkanes) is 16. The van der Waals surface area contributed by atoms with Crippen LogP contribution in [0.25, 0.3) is 0 Å². The van der Waals surface area contributed by atoms with Gasteiger partial charge >= 0.3 is 0 Å². The molecule has 0 N–H and O–H groups in total. The quantitative estimate of drug-likeness (QED) is 0.175. The molecule has 0 spiro atoms. The summed E-state index contributed by atoms with van der Waals surface area (Å²) in [6.45, 7) is 11.7. The van der Waals surface area contributed by atoms with Crippen LogP contribution in [-0.2, 0) is 4.74 Å². The molecular weight excluding hydrogens is 340 g/mol. The Kier molecular flexibility index (Phi) is 18.9. The Morgan fingerprint density at radius 1 is 0.571 bits per heavy atom. The predicted octanol–water partition coefficient (Wildman–Crippen LogP) is 9.73. The summed E-state index contributed by atoms with van der Waals surface area (Å²) in [5.41, 5.74) is 0.394. The van der Waals surface area contributed by atoms with Gasteiger partial charge in [0.15, 0.2) is 0 Å². The molecule has 0 heterocycles. The molecule has 0 aliphatic rings. The van der Waals surface area contributed by atoms with Gasteiger partial charge in [0.05, 0.1) is 6.10 Å². The summed E-state index contributed by atoms with van der Waals surface area (Å²) < 4.78 is 5.54. The van der Waals surface area contributed by atoms with E-state index in [1.54, 1.807) is 0 Å². The van der Waals surface area contributed by atoms with E-state index >= 15 is 0 Å². The van der Waals surface area contributed by atoms with Gasteiger partial charge in [-0.15, -0.1) is 0 Å². The standard InChI is InChI=1S/C27H56O/c1-7-8-9-10-11-12-13-14-15-16-17-18-19-20-21-22-23-24-27(4,5)25(2)26(3)28-6/h25-26H,7-24H2,1-6H3. The molecule has 0 rings (SSSR count). The van der Waals surface area contributed by atoms with Gasteiger partial charge in [-0.25, -0.2) is 0 Å². The monoisotopic (exact) mass is 396 g/mol. The first kappa shape index (κ1) is 28.0. The Balaban J connectivity index is 3.32. The van der Waals surface area contributed by atoms with Crippen molar-refractivity contribution in [3.05, 3.63) is 0 Å². The van der Waals surface area contributed by atoms with Gasteiger partial charge in [0, 0.05) is 7.11 Å². The van der Waals surface area contributed by atoms with Crippen LogP contribution >= 0.6 is 0 Å². The van der Waals surface area contributed by atoms with E-state index in [0.29, 0.717) is 17.4 Å². The van der Waals surface area contributed by atoms with Crippen LogP contribution in [0.3, 0.4) is 0 Å². The van der Waals surface area contributed by atoms with Crippen LogP contribution in [0.4, 0.5) is 0 Å². The molecule has 0 radical (unpaired) electrons. The van der Waals surface area contributed by atoms with Crippen LogP contribution in [0, 0.1) is 11.3 Å². The third-order valence-electron chi connectivity index (χ3n) is 7.23. The lowest BCUT2D eigenvalue weighted by molar-refractivity contribution is 0.0159. The van der Waals surface area contributed by atoms with E-state index in [9.17, 15) is 0 Å². The molecule has 170 valence electrons. The van der Waals surface area contributed by atoms with Crippen molar-refractivity contribution in [2.45, 2.75) is 156 Å². The van der Waals surface area contributed by atoms with Crippen LogP contribution in [0.1, 0.15) is 150 Å². The van der Waals surface area contributed by atoms with E-state index < -0.39 is 0 Å². The zero-order chi connectivity index (χ0) is 21.1. The predicted molar refractivity (Wildman–Crippen MR) is 128 cm³/mol. The summed E-state index contributed by atoms with van der Waals surface area (Å²) in [4.78, 5) is 0. The highest BCUT2D eigenvalue weighted by atomic mass is 16.5. The minimum atomic E-state index is 0.362. The molecule has 0 aromatic carbocycles. The first-order valence-corrected chi connectivity index (χ1v) is 13.0. The summed E-state index contributed by atoms with van der Waals surface area (Å²) in [6, 6.07) is 0. The van der Waals surface area contributed by atoms with Crippen molar-refractivity contribution in [1.29, 1.82) is 0 Å². The molecule has 0 bridgehead atoms. The van der Waals surface area contributed by atoms with Gasteiger partial charge in [-0.3, -0.25) is 0 Å². The third kappa shape index (κ3) is 15.8. The maximum absolute atomic E-state index is 5.54. The topological polar surface area (TPSA) is 9.23 Å². The van der Waals surface area contributed by atoms with E-state index in [4.69, 9.17) is 4.74 Å². The first-order valence-electron chi connectivity index (χ1n) is 13.0. The molecule has 2 atom stereocenters. The molecule has 0 aliphatic heterocycles. The number of hydrogen-bond acceptors (Lipinski definition) is 1. The van der Waals surface area contributed by atoms with Gasteiger partial charge in [0.2, 0.25) is 0 Å². The van der Waals surface area contributed by atoms with Crippen LogP contribution in [0.15, 0.2) is 0 Å². The lowest BCUT2D eigenvalue weighted by atomic mass is 9.73. The second kappa shape index (κ2) is 19.0. The molecule has 0 aromatic rings. The zero-order valence-electron chi connectivity index (χ0n) is 20.8. The fraction of sp³-hybridized carbons (Fsp3) is 1.00. The Hall–Kier alpha value is -0.0400. The van der Waals surface area contributed by atoms with Crippen LogP contribution < -0.4 is 0 Å². The van der Waals surface area contributed by atoms with Crippen molar-refractivity contribution in [2.75, 3.05) is 7.11 Å². The van der Waals surface area contributed by atoms with Crippen molar-refractivity contribution in [3.63, 3.8) is 0 Å². The fourth-order valence-corrected chi connectivity index (χ4v) is 4.37. The van der Waals surface area contributed by atoms with Crippen molar-refractivity contribution in [1.82, 2.24) is 0 Å². The van der Waals surface area contributed by atoms with Crippen molar-refractivity contribution in [2.24, 2.45) is 11.3 Å². The Labute approximate surface area is 179 Å². The molecule has 0 amide bonds. The van der Waals surface area contributed by atoms with E-state index in [1.807, 2.05) is 7.11 Å². The first-order chi connectivity index (χ1) is 13.5. The lowest BCUT2D eigenvalue weighted by Crippen LogP contribution is -2.31. The van der Waals surface area contributed by atoms with Gasteiger partial charge in [0.25, 0.3) is 0 Å². The van der Waals surface area contributed by atoms with Crippen molar-refractivity contribution >= 4 is 0 Å². The molecule has 0 saturated carbocycles. The summed E-state index contributed by atoms with van der Waals surface area (Å²) in [5.74, 6) is 0.624. The third-order valence-corrected chi connectivity index (χ3v) is 7.23. The molecule has 0 fully saturated rings. The number of hydrogen-bond donors (Lipinski definition) is 0. The van der Waals surface area contributed by atoms with Crippen molar-refractivity contribution in [3.8, 4) is 0 Å². The smallest absolute Gasteiger partial charge is 0.0573 e. The summed E-state index contributed by atoms with van der Waals surface area (Å²) >= 11 is 0. The fourth-order valence-electron chi connectivity index (χ4n) is 4.37. The molecule has 0 aliphatic carbocycles. The largest absolute Gasteiger partial charge is 0.381 e. The average molecular weight is 397 g/mol. The molecule has 2 unspecified atom stereocenters. The highest BCUT2D eigenvalue weighted by Crippen LogP contribution is 2.35. The molecule has 1 nitrogen and oxygen atoms in total. The van der Waals surface area contributed by atoms with E-state index in [1.165, 1.54) is 116 Å². The number of ether oxygens (including phenoxy) is 1. The SMILES string of the molecule is CCCCCCCCCCCCCCCCCCCC(C)(C)C(C)C(C)OC. The lowest BCUT2D eigenvalue weighted by Gasteiger charge is -2.35. The number of methoxy groups -OCH3 is 1. The maximum Gasteiger partial charge on any atom is 0.0573 e. The molecule has 0 aromatic heterocycles. The normalized spacial score (nSPS) is 14.4. The van der Waals surface area contributed by atoms with Gasteiger partial charge in [-0.1, -0.05) is 137 Å². The van der Waals surface area contributed by atoms with E-state index in [-0.39, 0.29) is 0 Å². The van der Waals surface area contributed by atoms with Gasteiger partial charge < -0.3 is 4.74 Å². The molecule has 1 heteroatoms. The second-order valence-corrected chi connectivity index (χ2v) is 10.1. The summed E-state index contributed by atoms with van der Waals surface area (Å²) in [5, 5.41) is 0. The molecular formula is C27H56O. The number of rotatable bonds is 21. The Morgan fingerprint density at radius 3 is 1.21 bits per heavy atom. The summed E-state index contributed by atoms with van der Waals surface area (Å²) in [7, 11) is 1.84. The second-order valence-electron chi connectivity index (χ2n) is 10.1. The highest BCUT2D eigenvalue weighted by molar-refractivity contribution is 4.79. The maximum atomic E-state index is 5.54. The van der Waals surface area contributed by atoms with Crippen LogP contribution in [0.2, 0.25) is 0 Å². The Bertz CT molecular complexity index is 309. The minimum absolute atomic E-state index is 0.362. The van der Waals surface area contributed by atoms with Crippen molar-refractivity contribution < 1.29 is 4.74 Å². The van der Waals surface area contributed by atoms with Gasteiger partial charge in [-0.2, -0.15) is 0 Å².